The topological polar surface area (TPSA) is 102 Å². The average Bonchev–Trinajstić information content (AvgIpc) is 2.82. The summed E-state index contributed by atoms with van der Waals surface area (Å²) in [6.45, 7) is 0.256. The van der Waals surface area contributed by atoms with Gasteiger partial charge in [0, 0.05) is 18.6 Å². The van der Waals surface area contributed by atoms with E-state index in [1.807, 2.05) is 0 Å². The van der Waals surface area contributed by atoms with Crippen molar-refractivity contribution in [2.75, 3.05) is 18.9 Å². The first-order chi connectivity index (χ1) is 8.94. The lowest BCUT2D eigenvalue weighted by Gasteiger charge is -2.23. The first-order valence-corrected chi connectivity index (χ1v) is 6.01. The van der Waals surface area contributed by atoms with Crippen molar-refractivity contribution < 1.29 is 19.4 Å². The lowest BCUT2D eigenvalue weighted by atomic mass is 9.98. The summed E-state index contributed by atoms with van der Waals surface area (Å²) in [6, 6.07) is 4.38. The maximum atomic E-state index is 12.0. The predicted molar refractivity (Wildman–Crippen MR) is 69.1 cm³/mol. The summed E-state index contributed by atoms with van der Waals surface area (Å²) in [5, 5.41) is 12.0. The Kier molecular flexibility index (Phi) is 3.64. The highest BCUT2D eigenvalue weighted by molar-refractivity contribution is 6.33. The highest BCUT2D eigenvalue weighted by atomic mass is 35.5. The van der Waals surface area contributed by atoms with Crippen LogP contribution in [-0.4, -0.2) is 35.7 Å². The van der Waals surface area contributed by atoms with Crippen molar-refractivity contribution in [3.63, 3.8) is 0 Å². The van der Waals surface area contributed by atoms with Gasteiger partial charge in [-0.15, -0.1) is 0 Å². The Labute approximate surface area is 114 Å². The molecule has 0 saturated carbocycles. The molecule has 1 aromatic rings. The number of nitrogens with one attached hydrogen (secondary N) is 1. The van der Waals surface area contributed by atoms with Gasteiger partial charge in [-0.2, -0.15) is 0 Å². The van der Waals surface area contributed by atoms with E-state index in [1.165, 1.54) is 18.2 Å². The fourth-order valence-corrected chi connectivity index (χ4v) is 2.02. The van der Waals surface area contributed by atoms with Crippen molar-refractivity contribution in [2.45, 2.75) is 12.0 Å². The number of nitrogen functional groups attached to an aromatic ring is 1. The van der Waals surface area contributed by atoms with E-state index < -0.39 is 17.4 Å². The van der Waals surface area contributed by atoms with Crippen molar-refractivity contribution in [3.05, 3.63) is 28.8 Å². The van der Waals surface area contributed by atoms with Gasteiger partial charge in [-0.25, -0.2) is 4.79 Å². The third-order valence-corrected chi connectivity index (χ3v) is 3.37. The number of aliphatic carboxylic acids is 1. The summed E-state index contributed by atoms with van der Waals surface area (Å²) >= 11 is 5.83. The van der Waals surface area contributed by atoms with Crippen LogP contribution in [0.5, 0.6) is 0 Å². The van der Waals surface area contributed by atoms with Crippen LogP contribution < -0.4 is 11.1 Å². The zero-order chi connectivity index (χ0) is 14.0. The van der Waals surface area contributed by atoms with Crippen molar-refractivity contribution in [3.8, 4) is 0 Å². The van der Waals surface area contributed by atoms with Crippen LogP contribution in [0.25, 0.3) is 0 Å². The molecule has 0 bridgehead atoms. The van der Waals surface area contributed by atoms with Gasteiger partial charge >= 0.3 is 5.97 Å². The second-order valence-corrected chi connectivity index (χ2v) is 4.79. The Hall–Kier alpha value is -1.79. The first kappa shape index (κ1) is 13.6. The lowest BCUT2D eigenvalue weighted by Crippen LogP contribution is -2.55. The largest absolute Gasteiger partial charge is 0.479 e. The maximum absolute atomic E-state index is 12.0. The molecule has 1 aliphatic rings. The van der Waals surface area contributed by atoms with Gasteiger partial charge in [0.25, 0.3) is 5.91 Å². The average molecular weight is 285 g/mol. The summed E-state index contributed by atoms with van der Waals surface area (Å²) < 4.78 is 5.06. The molecule has 7 heteroatoms. The second-order valence-electron chi connectivity index (χ2n) is 4.38. The number of carboxylic acid groups (broad SMARTS) is 1. The zero-order valence-corrected chi connectivity index (χ0v) is 10.7. The minimum Gasteiger partial charge on any atom is -0.479 e. The molecule has 2 rings (SSSR count). The van der Waals surface area contributed by atoms with Crippen LogP contribution >= 0.6 is 11.6 Å². The summed E-state index contributed by atoms with van der Waals surface area (Å²) in [4.78, 5) is 23.3. The molecule has 6 nitrogen and oxygen atoms in total. The van der Waals surface area contributed by atoms with E-state index in [-0.39, 0.29) is 23.6 Å². The van der Waals surface area contributed by atoms with E-state index in [1.54, 1.807) is 0 Å². The summed E-state index contributed by atoms with van der Waals surface area (Å²) in [5.74, 6) is -1.63. The van der Waals surface area contributed by atoms with E-state index in [0.717, 1.165) is 0 Å². The summed E-state index contributed by atoms with van der Waals surface area (Å²) in [7, 11) is 0. The standard InChI is InChI=1S/C12H13ClN2O4/c13-8-5-7(1-2-9(8)14)10(16)15-12(11(17)18)3-4-19-6-12/h1-2,5H,3-4,6,14H2,(H,15,16)(H,17,18). The van der Waals surface area contributed by atoms with Crippen molar-refractivity contribution >= 4 is 29.2 Å². The Balaban J connectivity index is 2.20. The summed E-state index contributed by atoms with van der Waals surface area (Å²) in [6.07, 6.45) is 0.233. The highest BCUT2D eigenvalue weighted by Gasteiger charge is 2.44. The molecular weight excluding hydrogens is 272 g/mol. The molecule has 1 heterocycles. The monoisotopic (exact) mass is 284 g/mol. The third-order valence-electron chi connectivity index (χ3n) is 3.05. The molecule has 19 heavy (non-hydrogen) atoms. The predicted octanol–water partition coefficient (Wildman–Crippen LogP) is 0.896. The molecule has 0 spiro atoms. The number of benzene rings is 1. The maximum Gasteiger partial charge on any atom is 0.331 e. The highest BCUT2D eigenvalue weighted by Crippen LogP contribution is 2.22. The number of carboxylic acids is 1. The van der Waals surface area contributed by atoms with Crippen LogP contribution in [0.2, 0.25) is 5.02 Å². The smallest absolute Gasteiger partial charge is 0.331 e. The number of hydrogen-bond acceptors (Lipinski definition) is 4. The number of rotatable bonds is 3. The van der Waals surface area contributed by atoms with Gasteiger partial charge in [-0.05, 0) is 18.2 Å². The van der Waals surface area contributed by atoms with Crippen LogP contribution in [0.1, 0.15) is 16.8 Å². The van der Waals surface area contributed by atoms with Gasteiger partial charge in [0.1, 0.15) is 0 Å². The van der Waals surface area contributed by atoms with E-state index in [2.05, 4.69) is 5.32 Å². The number of ether oxygens (including phenoxy) is 1. The van der Waals surface area contributed by atoms with Gasteiger partial charge in [-0.1, -0.05) is 11.6 Å². The molecular formula is C12H13ClN2O4. The second kappa shape index (κ2) is 5.07. The number of halogens is 1. The quantitative estimate of drug-likeness (QED) is 0.716. The minimum absolute atomic E-state index is 0.0449. The van der Waals surface area contributed by atoms with Crippen LogP contribution in [0.15, 0.2) is 18.2 Å². The number of amides is 1. The minimum atomic E-state index is -1.37. The molecule has 1 saturated heterocycles. The molecule has 0 aromatic heterocycles. The number of anilines is 1. The number of nitrogens with two attached hydrogens (primary N) is 1. The Morgan fingerprint density at radius 2 is 2.21 bits per heavy atom. The van der Waals surface area contributed by atoms with Gasteiger partial charge in [-0.3, -0.25) is 4.79 Å². The first-order valence-electron chi connectivity index (χ1n) is 5.63. The van der Waals surface area contributed by atoms with Crippen LogP contribution in [0, 0.1) is 0 Å². The number of carbonyl (C=O) groups is 2. The molecule has 1 amide bonds. The third kappa shape index (κ3) is 2.64. The number of hydrogen-bond donors (Lipinski definition) is 3. The van der Waals surface area contributed by atoms with Crippen molar-refractivity contribution in [1.82, 2.24) is 5.32 Å². The van der Waals surface area contributed by atoms with Gasteiger partial charge in [0.15, 0.2) is 5.54 Å². The molecule has 1 unspecified atom stereocenters. The number of carbonyl (C=O) groups excluding carboxylic acids is 1. The lowest BCUT2D eigenvalue weighted by molar-refractivity contribution is -0.144. The fourth-order valence-electron chi connectivity index (χ4n) is 1.84. The van der Waals surface area contributed by atoms with Crippen LogP contribution in [-0.2, 0) is 9.53 Å². The van der Waals surface area contributed by atoms with Gasteiger partial charge in [0.05, 0.1) is 17.3 Å². The van der Waals surface area contributed by atoms with E-state index in [4.69, 9.17) is 22.1 Å². The molecule has 1 fully saturated rings. The van der Waals surface area contributed by atoms with E-state index >= 15 is 0 Å². The van der Waals surface area contributed by atoms with Crippen molar-refractivity contribution in [2.24, 2.45) is 0 Å². The molecule has 1 atom stereocenters. The SMILES string of the molecule is Nc1ccc(C(=O)NC2(C(=O)O)CCOC2)cc1Cl. The van der Waals surface area contributed by atoms with Crippen LogP contribution in [0.3, 0.4) is 0 Å². The van der Waals surface area contributed by atoms with Crippen molar-refractivity contribution in [1.29, 1.82) is 0 Å². The normalized spacial score (nSPS) is 22.2. The Bertz CT molecular complexity index is 526. The molecule has 102 valence electrons. The Morgan fingerprint density at radius 3 is 2.74 bits per heavy atom. The molecule has 0 aliphatic carbocycles. The van der Waals surface area contributed by atoms with E-state index in [0.29, 0.717) is 12.3 Å². The van der Waals surface area contributed by atoms with Gasteiger partial charge < -0.3 is 20.9 Å². The van der Waals surface area contributed by atoms with Gasteiger partial charge in [0.2, 0.25) is 0 Å². The molecule has 0 radical (unpaired) electrons. The summed E-state index contributed by atoms with van der Waals surface area (Å²) in [5.41, 5.74) is 4.79. The Morgan fingerprint density at radius 1 is 1.47 bits per heavy atom. The fraction of sp³-hybridized carbons (Fsp3) is 0.333. The molecule has 4 N–H and O–H groups in total. The molecule has 1 aliphatic heterocycles. The zero-order valence-electron chi connectivity index (χ0n) is 9.98. The van der Waals surface area contributed by atoms with E-state index in [9.17, 15) is 14.7 Å². The van der Waals surface area contributed by atoms with Crippen LogP contribution in [0.4, 0.5) is 5.69 Å². The molecule has 1 aromatic carbocycles.